The van der Waals surface area contributed by atoms with Gasteiger partial charge in [-0.05, 0) is 44.9 Å². The minimum Gasteiger partial charge on any atom is -0.481 e. The summed E-state index contributed by atoms with van der Waals surface area (Å²) < 4.78 is 6.12. The maximum absolute atomic E-state index is 10.5. The maximum atomic E-state index is 10.5. The quantitative estimate of drug-likeness (QED) is 0.378. The molecule has 2 aliphatic rings. The Morgan fingerprint density at radius 3 is 2.08 bits per heavy atom. The number of rotatable bonds is 12. The number of carboxylic acid groups (broad SMARTS) is 1. The second kappa shape index (κ2) is 10.7. The number of ether oxygens (including phenoxy) is 1. The van der Waals surface area contributed by atoms with E-state index in [1.54, 1.807) is 0 Å². The first-order valence-electron chi connectivity index (χ1n) is 9.93. The van der Waals surface area contributed by atoms with Crippen LogP contribution in [0.5, 0.6) is 0 Å². The van der Waals surface area contributed by atoms with Crippen LogP contribution in [-0.4, -0.2) is 23.3 Å². The molecule has 2 fully saturated rings. The van der Waals surface area contributed by atoms with Crippen molar-refractivity contribution in [3.8, 4) is 0 Å². The third-order valence-corrected chi connectivity index (χ3v) is 5.34. The molecule has 2 aliphatic heterocycles. The van der Waals surface area contributed by atoms with Crippen molar-refractivity contribution in [1.82, 2.24) is 0 Å². The van der Waals surface area contributed by atoms with Crippen LogP contribution in [0.15, 0.2) is 24.3 Å². The van der Waals surface area contributed by atoms with E-state index >= 15 is 0 Å². The van der Waals surface area contributed by atoms with Gasteiger partial charge in [0, 0.05) is 18.3 Å². The van der Waals surface area contributed by atoms with E-state index in [1.165, 1.54) is 44.9 Å². The normalized spacial score (nSPS) is 29.2. The van der Waals surface area contributed by atoms with Crippen LogP contribution in [-0.2, 0) is 9.53 Å². The second-order valence-corrected chi connectivity index (χ2v) is 7.29. The SMILES string of the molecule is CCCCCC/C=C\[C@H]1[C@@H](/C=C\CCCCC(=O)O)[C@H]2CC[C@@H]1O2. The highest BCUT2D eigenvalue weighted by Crippen LogP contribution is 2.44. The molecule has 24 heavy (non-hydrogen) atoms. The lowest BCUT2D eigenvalue weighted by atomic mass is 9.78. The van der Waals surface area contributed by atoms with Crippen LogP contribution in [0, 0.1) is 11.8 Å². The van der Waals surface area contributed by atoms with E-state index in [2.05, 4.69) is 31.2 Å². The van der Waals surface area contributed by atoms with Crippen LogP contribution in [0.1, 0.15) is 77.6 Å². The van der Waals surface area contributed by atoms with E-state index in [1.807, 2.05) is 0 Å². The van der Waals surface area contributed by atoms with Crippen molar-refractivity contribution < 1.29 is 14.6 Å². The Kier molecular flexibility index (Phi) is 8.58. The van der Waals surface area contributed by atoms with E-state index in [9.17, 15) is 4.79 Å². The third-order valence-electron chi connectivity index (χ3n) is 5.34. The first-order chi connectivity index (χ1) is 11.7. The van der Waals surface area contributed by atoms with Crippen molar-refractivity contribution in [3.05, 3.63) is 24.3 Å². The van der Waals surface area contributed by atoms with Crippen LogP contribution >= 0.6 is 0 Å². The zero-order valence-electron chi connectivity index (χ0n) is 15.2. The van der Waals surface area contributed by atoms with Crippen LogP contribution in [0.4, 0.5) is 0 Å². The van der Waals surface area contributed by atoms with Crippen molar-refractivity contribution >= 4 is 5.97 Å². The molecule has 4 atom stereocenters. The van der Waals surface area contributed by atoms with Gasteiger partial charge in [-0.2, -0.15) is 0 Å². The molecule has 0 amide bonds. The second-order valence-electron chi connectivity index (χ2n) is 7.29. The Morgan fingerprint density at radius 1 is 0.958 bits per heavy atom. The van der Waals surface area contributed by atoms with Crippen molar-refractivity contribution in [3.63, 3.8) is 0 Å². The Bertz CT molecular complexity index is 427. The lowest BCUT2D eigenvalue weighted by Gasteiger charge is -2.22. The maximum Gasteiger partial charge on any atom is 0.303 e. The summed E-state index contributed by atoms with van der Waals surface area (Å²) in [5, 5.41) is 8.66. The van der Waals surface area contributed by atoms with Gasteiger partial charge in [-0.25, -0.2) is 0 Å². The molecule has 0 unspecified atom stereocenters. The molecule has 2 heterocycles. The van der Waals surface area contributed by atoms with Crippen LogP contribution in [0.25, 0.3) is 0 Å². The molecule has 136 valence electrons. The fourth-order valence-electron chi connectivity index (χ4n) is 3.99. The molecule has 0 aromatic rings. The predicted octanol–water partition coefficient (Wildman–Crippen LogP) is 5.51. The van der Waals surface area contributed by atoms with Crippen LogP contribution in [0.2, 0.25) is 0 Å². The van der Waals surface area contributed by atoms with Crippen LogP contribution < -0.4 is 0 Å². The smallest absolute Gasteiger partial charge is 0.303 e. The minimum atomic E-state index is -0.690. The van der Waals surface area contributed by atoms with Gasteiger partial charge in [0.25, 0.3) is 0 Å². The van der Waals surface area contributed by atoms with E-state index in [0.29, 0.717) is 24.0 Å². The zero-order chi connectivity index (χ0) is 17.2. The number of carboxylic acids is 1. The summed E-state index contributed by atoms with van der Waals surface area (Å²) in [7, 11) is 0. The Hall–Kier alpha value is -1.09. The highest BCUT2D eigenvalue weighted by atomic mass is 16.5. The van der Waals surface area contributed by atoms with Gasteiger partial charge in [-0.1, -0.05) is 50.5 Å². The molecule has 2 saturated heterocycles. The van der Waals surface area contributed by atoms with Gasteiger partial charge >= 0.3 is 5.97 Å². The number of aliphatic carboxylic acids is 1. The fourth-order valence-corrected chi connectivity index (χ4v) is 3.99. The van der Waals surface area contributed by atoms with Gasteiger partial charge in [0.15, 0.2) is 0 Å². The number of carbonyl (C=O) groups is 1. The van der Waals surface area contributed by atoms with Crippen molar-refractivity contribution in [2.45, 2.75) is 89.8 Å². The first-order valence-corrected chi connectivity index (χ1v) is 9.93. The summed E-state index contributed by atoms with van der Waals surface area (Å²) >= 11 is 0. The third kappa shape index (κ3) is 6.08. The molecule has 0 radical (unpaired) electrons. The molecule has 0 aromatic heterocycles. The first kappa shape index (κ1) is 19.2. The Labute approximate surface area is 147 Å². The van der Waals surface area contributed by atoms with Crippen molar-refractivity contribution in [1.29, 1.82) is 0 Å². The molecule has 2 bridgehead atoms. The summed E-state index contributed by atoms with van der Waals surface area (Å²) in [6.07, 6.45) is 22.1. The number of fused-ring (bicyclic) bond motifs is 2. The van der Waals surface area contributed by atoms with E-state index < -0.39 is 5.97 Å². The Morgan fingerprint density at radius 2 is 1.54 bits per heavy atom. The van der Waals surface area contributed by atoms with E-state index in [0.717, 1.165) is 19.3 Å². The number of unbranched alkanes of at least 4 members (excludes halogenated alkanes) is 6. The van der Waals surface area contributed by atoms with Crippen molar-refractivity contribution in [2.75, 3.05) is 0 Å². The lowest BCUT2D eigenvalue weighted by Crippen LogP contribution is -2.24. The summed E-state index contributed by atoms with van der Waals surface area (Å²) in [5.74, 6) is 0.380. The summed E-state index contributed by atoms with van der Waals surface area (Å²) in [4.78, 5) is 10.5. The highest BCUT2D eigenvalue weighted by Gasteiger charge is 2.46. The standard InChI is InChI=1S/C21H34O3/c1-2-3-4-5-6-9-12-17-18(20-16-15-19(17)24-20)13-10-7-8-11-14-21(22)23/h9-10,12-13,17-20H,2-8,11,14-16H2,1H3,(H,22,23)/b12-9-,13-10-/t17-,18+,19-,20+/m0/s1. The molecular formula is C21H34O3. The molecule has 3 heteroatoms. The average molecular weight is 335 g/mol. The molecule has 0 saturated carbocycles. The molecule has 0 aliphatic carbocycles. The van der Waals surface area contributed by atoms with Gasteiger partial charge in [0.1, 0.15) is 0 Å². The number of hydrogen-bond acceptors (Lipinski definition) is 2. The minimum absolute atomic E-state index is 0.286. The van der Waals surface area contributed by atoms with Crippen molar-refractivity contribution in [2.24, 2.45) is 11.8 Å². The fraction of sp³-hybridized carbons (Fsp3) is 0.762. The van der Waals surface area contributed by atoms with Gasteiger partial charge in [-0.15, -0.1) is 0 Å². The number of hydrogen-bond donors (Lipinski definition) is 1. The predicted molar refractivity (Wildman–Crippen MR) is 98.0 cm³/mol. The average Bonchev–Trinajstić information content (AvgIpc) is 3.15. The molecule has 0 aromatic carbocycles. The summed E-state index contributed by atoms with van der Waals surface area (Å²) in [6, 6.07) is 0. The molecule has 2 rings (SSSR count). The van der Waals surface area contributed by atoms with Gasteiger partial charge in [0.05, 0.1) is 12.2 Å². The molecular weight excluding hydrogens is 300 g/mol. The summed E-state index contributed by atoms with van der Waals surface area (Å²) in [6.45, 7) is 2.25. The topological polar surface area (TPSA) is 46.5 Å². The summed E-state index contributed by atoms with van der Waals surface area (Å²) in [5.41, 5.74) is 0. The lowest BCUT2D eigenvalue weighted by molar-refractivity contribution is -0.137. The largest absolute Gasteiger partial charge is 0.481 e. The molecule has 1 N–H and O–H groups in total. The Balaban J connectivity index is 1.72. The monoisotopic (exact) mass is 334 g/mol. The van der Waals surface area contributed by atoms with E-state index in [-0.39, 0.29) is 6.42 Å². The van der Waals surface area contributed by atoms with Gasteiger partial charge < -0.3 is 9.84 Å². The van der Waals surface area contributed by atoms with Gasteiger partial charge in [-0.3, -0.25) is 4.79 Å². The zero-order valence-corrected chi connectivity index (χ0v) is 15.2. The van der Waals surface area contributed by atoms with Gasteiger partial charge in [0.2, 0.25) is 0 Å². The highest BCUT2D eigenvalue weighted by molar-refractivity contribution is 5.66. The molecule has 3 nitrogen and oxygen atoms in total. The van der Waals surface area contributed by atoms with Crippen LogP contribution in [0.3, 0.4) is 0 Å². The van der Waals surface area contributed by atoms with E-state index in [4.69, 9.17) is 9.84 Å². The number of allylic oxidation sites excluding steroid dienone is 2. The molecule has 0 spiro atoms.